The molecule has 0 unspecified atom stereocenters. The Morgan fingerprint density at radius 3 is 2.83 bits per heavy atom. The number of phenols is 1. The van der Waals surface area contributed by atoms with Crippen LogP contribution in [0.3, 0.4) is 0 Å². The van der Waals surface area contributed by atoms with Crippen LogP contribution in [0.15, 0.2) is 48.5 Å². The standard InChI is InChI=1S/C27H30N2O/c1-18-4-2-7-25-24(18)13-20-12-22-17-29(16-19-8-9-19)11-10-27(22,15-26(20)28-25)21-5-3-6-23(30)14-21/h2-7,13-14,19,22,30H,8-12,15-17H2,1H3/t22-,27-/m0/s1. The molecule has 154 valence electrons. The van der Waals surface area contributed by atoms with Crippen LogP contribution >= 0.6 is 0 Å². The molecular formula is C27H30N2O. The number of piperidine rings is 1. The monoisotopic (exact) mass is 398 g/mol. The molecule has 30 heavy (non-hydrogen) atoms. The van der Waals surface area contributed by atoms with E-state index in [9.17, 15) is 5.11 Å². The van der Waals surface area contributed by atoms with Crippen LogP contribution in [0.4, 0.5) is 0 Å². The van der Waals surface area contributed by atoms with Crippen molar-refractivity contribution in [1.29, 1.82) is 0 Å². The third-order valence-electron chi connectivity index (χ3n) is 7.96. The number of hydrogen-bond acceptors (Lipinski definition) is 3. The van der Waals surface area contributed by atoms with Crippen LogP contribution in [0.1, 0.15) is 41.6 Å². The lowest BCUT2D eigenvalue weighted by Gasteiger charge is -2.51. The molecule has 0 radical (unpaired) electrons. The van der Waals surface area contributed by atoms with Crippen molar-refractivity contribution < 1.29 is 5.11 Å². The maximum absolute atomic E-state index is 10.3. The number of benzene rings is 2. The summed E-state index contributed by atoms with van der Waals surface area (Å²) < 4.78 is 0. The third-order valence-corrected chi connectivity index (χ3v) is 7.96. The van der Waals surface area contributed by atoms with Crippen LogP contribution < -0.4 is 0 Å². The summed E-state index contributed by atoms with van der Waals surface area (Å²) in [6.07, 6.45) is 6.05. The molecule has 3 aliphatic rings. The molecule has 2 heterocycles. The van der Waals surface area contributed by atoms with Gasteiger partial charge in [0.25, 0.3) is 0 Å². The van der Waals surface area contributed by atoms with E-state index in [-0.39, 0.29) is 5.41 Å². The zero-order valence-corrected chi connectivity index (χ0v) is 17.8. The fraction of sp³-hybridized carbons (Fsp3) is 0.444. The highest BCUT2D eigenvalue weighted by Gasteiger charge is 2.48. The number of likely N-dealkylation sites (tertiary alicyclic amines) is 1. The van der Waals surface area contributed by atoms with E-state index in [2.05, 4.69) is 42.2 Å². The summed E-state index contributed by atoms with van der Waals surface area (Å²) in [7, 11) is 0. The van der Waals surface area contributed by atoms with Crippen molar-refractivity contribution in [3.05, 3.63) is 70.9 Å². The third kappa shape index (κ3) is 3.02. The van der Waals surface area contributed by atoms with Gasteiger partial charge in [-0.25, -0.2) is 0 Å². The van der Waals surface area contributed by atoms with Gasteiger partial charge in [-0.3, -0.25) is 4.98 Å². The van der Waals surface area contributed by atoms with Gasteiger partial charge in [0.15, 0.2) is 0 Å². The lowest BCUT2D eigenvalue weighted by molar-refractivity contribution is 0.0777. The first-order chi connectivity index (χ1) is 14.6. The van der Waals surface area contributed by atoms with Gasteiger partial charge in [0.05, 0.1) is 5.52 Å². The smallest absolute Gasteiger partial charge is 0.115 e. The molecule has 3 nitrogen and oxygen atoms in total. The van der Waals surface area contributed by atoms with E-state index >= 15 is 0 Å². The highest BCUT2D eigenvalue weighted by molar-refractivity contribution is 5.83. The van der Waals surface area contributed by atoms with E-state index in [1.807, 2.05) is 12.1 Å². The molecule has 1 saturated heterocycles. The van der Waals surface area contributed by atoms with E-state index in [1.54, 1.807) is 6.07 Å². The Bertz CT molecular complexity index is 1120. The molecular weight excluding hydrogens is 368 g/mol. The van der Waals surface area contributed by atoms with Crippen LogP contribution in [0.25, 0.3) is 10.9 Å². The van der Waals surface area contributed by atoms with Crippen LogP contribution in [-0.4, -0.2) is 34.6 Å². The lowest BCUT2D eigenvalue weighted by Crippen LogP contribution is -2.54. The number of nitrogens with zero attached hydrogens (tertiary/aromatic N) is 2. The molecule has 1 aromatic heterocycles. The van der Waals surface area contributed by atoms with Gasteiger partial charge < -0.3 is 10.0 Å². The molecule has 2 aliphatic carbocycles. The van der Waals surface area contributed by atoms with E-state index in [4.69, 9.17) is 4.98 Å². The van der Waals surface area contributed by atoms with Gasteiger partial charge in [0.2, 0.25) is 0 Å². The molecule has 6 rings (SSSR count). The van der Waals surface area contributed by atoms with Gasteiger partial charge in [-0.2, -0.15) is 0 Å². The number of aromatic hydroxyl groups is 1. The summed E-state index contributed by atoms with van der Waals surface area (Å²) in [6, 6.07) is 16.9. The van der Waals surface area contributed by atoms with Crippen molar-refractivity contribution >= 4 is 10.9 Å². The van der Waals surface area contributed by atoms with Gasteiger partial charge >= 0.3 is 0 Å². The number of phenolic OH excluding ortho intramolecular Hbond substituents is 1. The topological polar surface area (TPSA) is 36.4 Å². The summed E-state index contributed by atoms with van der Waals surface area (Å²) in [4.78, 5) is 7.88. The summed E-state index contributed by atoms with van der Waals surface area (Å²) >= 11 is 0. The summed E-state index contributed by atoms with van der Waals surface area (Å²) in [5, 5.41) is 11.5. The second kappa shape index (κ2) is 6.81. The molecule has 0 amide bonds. The molecule has 0 spiro atoms. The average Bonchev–Trinajstić information content (AvgIpc) is 3.55. The zero-order chi connectivity index (χ0) is 20.3. The van der Waals surface area contributed by atoms with Crippen molar-refractivity contribution in [2.24, 2.45) is 11.8 Å². The minimum absolute atomic E-state index is 0.0797. The van der Waals surface area contributed by atoms with E-state index in [0.29, 0.717) is 11.7 Å². The molecule has 3 aromatic rings. The predicted molar refractivity (Wildman–Crippen MR) is 121 cm³/mol. The number of aromatic nitrogens is 1. The molecule has 1 aliphatic heterocycles. The Hall–Kier alpha value is -2.39. The first-order valence-electron chi connectivity index (χ1n) is 11.5. The Balaban J connectivity index is 1.45. The lowest BCUT2D eigenvalue weighted by atomic mass is 9.58. The molecule has 2 fully saturated rings. The Morgan fingerprint density at radius 2 is 2.00 bits per heavy atom. The SMILES string of the molecule is Cc1cccc2nc3c(cc12)C[C@H]1CN(CC2CC2)CC[C@@]1(c1cccc(O)c1)C3. The van der Waals surface area contributed by atoms with Gasteiger partial charge in [0, 0.05) is 36.0 Å². The predicted octanol–water partition coefficient (Wildman–Crippen LogP) is 5.02. The molecule has 3 heteroatoms. The Morgan fingerprint density at radius 1 is 1.13 bits per heavy atom. The van der Waals surface area contributed by atoms with Crippen molar-refractivity contribution in [2.75, 3.05) is 19.6 Å². The van der Waals surface area contributed by atoms with Crippen LogP contribution in [-0.2, 0) is 18.3 Å². The highest BCUT2D eigenvalue weighted by Crippen LogP contribution is 2.49. The molecule has 1 N–H and O–H groups in total. The van der Waals surface area contributed by atoms with Crippen molar-refractivity contribution in [1.82, 2.24) is 9.88 Å². The van der Waals surface area contributed by atoms with E-state index in [0.717, 1.165) is 43.8 Å². The Labute approximate surface area is 178 Å². The molecule has 2 aromatic carbocycles. The minimum atomic E-state index is 0.0797. The Kier molecular flexibility index (Phi) is 4.18. The average molecular weight is 399 g/mol. The van der Waals surface area contributed by atoms with Gasteiger partial charge in [-0.1, -0.05) is 24.3 Å². The number of hydrogen-bond donors (Lipinski definition) is 1. The fourth-order valence-electron chi connectivity index (χ4n) is 6.08. The molecule has 2 atom stereocenters. The molecule has 0 bridgehead atoms. The first kappa shape index (κ1) is 18.4. The van der Waals surface area contributed by atoms with E-state index in [1.165, 1.54) is 47.2 Å². The van der Waals surface area contributed by atoms with Crippen LogP contribution in [0.5, 0.6) is 5.75 Å². The number of rotatable bonds is 3. The maximum atomic E-state index is 10.3. The second-order valence-electron chi connectivity index (χ2n) is 9.97. The second-order valence-corrected chi connectivity index (χ2v) is 9.97. The van der Waals surface area contributed by atoms with Crippen molar-refractivity contribution in [3.8, 4) is 5.75 Å². The fourth-order valence-corrected chi connectivity index (χ4v) is 6.08. The maximum Gasteiger partial charge on any atom is 0.115 e. The van der Waals surface area contributed by atoms with Crippen LogP contribution in [0.2, 0.25) is 0 Å². The van der Waals surface area contributed by atoms with Crippen molar-refractivity contribution in [3.63, 3.8) is 0 Å². The van der Waals surface area contributed by atoms with E-state index < -0.39 is 0 Å². The largest absolute Gasteiger partial charge is 0.508 e. The summed E-state index contributed by atoms with van der Waals surface area (Å²) in [5.74, 6) is 1.89. The molecule has 1 saturated carbocycles. The quantitative estimate of drug-likeness (QED) is 0.673. The minimum Gasteiger partial charge on any atom is -0.508 e. The van der Waals surface area contributed by atoms with Gasteiger partial charge in [-0.15, -0.1) is 0 Å². The number of fused-ring (bicyclic) bond motifs is 3. The normalized spacial score (nSPS) is 26.4. The zero-order valence-electron chi connectivity index (χ0n) is 17.8. The summed E-state index contributed by atoms with van der Waals surface area (Å²) in [5.41, 5.74) is 6.51. The number of pyridine rings is 1. The highest BCUT2D eigenvalue weighted by atomic mass is 16.3. The first-order valence-corrected chi connectivity index (χ1v) is 11.5. The van der Waals surface area contributed by atoms with Crippen LogP contribution in [0, 0.1) is 18.8 Å². The van der Waals surface area contributed by atoms with Gasteiger partial charge in [-0.05, 0) is 91.9 Å². The van der Waals surface area contributed by atoms with Crippen molar-refractivity contribution in [2.45, 2.75) is 44.4 Å². The summed E-state index contributed by atoms with van der Waals surface area (Å²) in [6.45, 7) is 5.78. The number of aryl methyl sites for hydroxylation is 1. The van der Waals surface area contributed by atoms with Gasteiger partial charge in [0.1, 0.15) is 5.75 Å².